The minimum Gasteiger partial charge on any atom is -0.504 e. The Hall–Kier alpha value is -3.09. The van der Waals surface area contributed by atoms with Gasteiger partial charge in [0.1, 0.15) is 0 Å². The van der Waals surface area contributed by atoms with Crippen LogP contribution in [0.5, 0.6) is 11.5 Å². The molecule has 0 bridgehead atoms. The van der Waals surface area contributed by atoms with Crippen LogP contribution in [0.3, 0.4) is 0 Å². The minimum absolute atomic E-state index is 0.0107. The van der Waals surface area contributed by atoms with Crippen molar-refractivity contribution < 1.29 is 14.8 Å². The number of nitro benzene ring substituents is 1. The second-order valence-corrected chi connectivity index (χ2v) is 4.34. The van der Waals surface area contributed by atoms with E-state index in [9.17, 15) is 15.2 Å². The third kappa shape index (κ3) is 3.95. The van der Waals surface area contributed by atoms with Gasteiger partial charge >= 0.3 is 0 Å². The quantitative estimate of drug-likeness (QED) is 0.485. The van der Waals surface area contributed by atoms with Gasteiger partial charge in [-0.2, -0.15) is 5.10 Å². The van der Waals surface area contributed by atoms with Crippen LogP contribution in [0.2, 0.25) is 0 Å². The molecule has 0 spiro atoms. The Bertz CT molecular complexity index is 701. The molecule has 114 valence electrons. The molecule has 2 rings (SSSR count). The van der Waals surface area contributed by atoms with Gasteiger partial charge in [-0.25, -0.2) is 0 Å². The summed E-state index contributed by atoms with van der Waals surface area (Å²) < 4.78 is 5.28. The maximum Gasteiger partial charge on any atom is 0.271 e. The molecule has 0 aliphatic heterocycles. The van der Waals surface area contributed by atoms with Crippen LogP contribution in [0, 0.1) is 10.1 Å². The first-order valence-electron chi connectivity index (χ1n) is 6.59. The predicted molar refractivity (Wildman–Crippen MR) is 83.6 cm³/mol. The number of benzene rings is 2. The van der Waals surface area contributed by atoms with Crippen molar-refractivity contribution in [3.05, 3.63) is 58.1 Å². The topological polar surface area (TPSA) is 97.0 Å². The van der Waals surface area contributed by atoms with E-state index in [1.165, 1.54) is 24.4 Å². The van der Waals surface area contributed by atoms with Gasteiger partial charge in [-0.15, -0.1) is 0 Å². The van der Waals surface area contributed by atoms with Gasteiger partial charge < -0.3 is 9.84 Å². The number of phenols is 1. The van der Waals surface area contributed by atoms with E-state index in [0.29, 0.717) is 18.0 Å². The first-order chi connectivity index (χ1) is 10.6. The zero-order valence-electron chi connectivity index (χ0n) is 11.9. The largest absolute Gasteiger partial charge is 0.504 e. The van der Waals surface area contributed by atoms with Gasteiger partial charge in [-0.1, -0.05) is 6.07 Å². The van der Waals surface area contributed by atoms with E-state index in [-0.39, 0.29) is 11.4 Å². The summed E-state index contributed by atoms with van der Waals surface area (Å²) in [6.45, 7) is 2.27. The smallest absolute Gasteiger partial charge is 0.271 e. The van der Waals surface area contributed by atoms with Crippen molar-refractivity contribution in [1.29, 1.82) is 0 Å². The van der Waals surface area contributed by atoms with Crippen molar-refractivity contribution in [3.8, 4) is 11.5 Å². The molecule has 0 atom stereocenters. The molecular weight excluding hydrogens is 286 g/mol. The van der Waals surface area contributed by atoms with Crippen LogP contribution in [0.25, 0.3) is 0 Å². The molecule has 0 unspecified atom stereocenters. The van der Waals surface area contributed by atoms with Crippen LogP contribution in [0.1, 0.15) is 12.5 Å². The average Bonchev–Trinajstić information content (AvgIpc) is 2.51. The minimum atomic E-state index is -0.469. The van der Waals surface area contributed by atoms with Gasteiger partial charge in [0, 0.05) is 12.1 Å². The summed E-state index contributed by atoms with van der Waals surface area (Å²) >= 11 is 0. The van der Waals surface area contributed by atoms with Crippen LogP contribution in [-0.4, -0.2) is 22.9 Å². The number of ether oxygens (including phenoxy) is 1. The standard InChI is InChI=1S/C15H15N3O4/c1-2-22-15-8-11(6-7-14(15)19)10-16-17-12-4-3-5-13(9-12)18(20)21/h3-10,17,19H,2H2,1H3. The van der Waals surface area contributed by atoms with Crippen molar-refractivity contribution >= 4 is 17.6 Å². The molecule has 7 nitrogen and oxygen atoms in total. The summed E-state index contributed by atoms with van der Waals surface area (Å²) in [5.41, 5.74) is 3.94. The summed E-state index contributed by atoms with van der Waals surface area (Å²) in [6, 6.07) is 10.9. The predicted octanol–water partition coefficient (Wildman–Crippen LogP) is 3.15. The van der Waals surface area contributed by atoms with E-state index in [4.69, 9.17) is 4.74 Å². The van der Waals surface area contributed by atoms with E-state index >= 15 is 0 Å². The number of nitrogens with zero attached hydrogens (tertiary/aromatic N) is 2. The third-order valence-corrected chi connectivity index (χ3v) is 2.75. The summed E-state index contributed by atoms with van der Waals surface area (Å²) in [4.78, 5) is 10.2. The molecule has 0 radical (unpaired) electrons. The number of nitrogens with one attached hydrogen (secondary N) is 1. The fourth-order valence-corrected chi connectivity index (χ4v) is 1.75. The number of hydrazone groups is 1. The molecule has 0 aromatic heterocycles. The van der Waals surface area contributed by atoms with E-state index in [2.05, 4.69) is 10.5 Å². The maximum absolute atomic E-state index is 10.7. The highest BCUT2D eigenvalue weighted by Gasteiger charge is 2.05. The molecule has 0 aliphatic carbocycles. The van der Waals surface area contributed by atoms with Gasteiger partial charge in [-0.05, 0) is 36.8 Å². The van der Waals surface area contributed by atoms with Gasteiger partial charge in [0.15, 0.2) is 11.5 Å². The highest BCUT2D eigenvalue weighted by atomic mass is 16.6. The molecule has 2 aromatic carbocycles. The molecule has 7 heteroatoms. The number of phenolic OH excluding ortho intramolecular Hbond substituents is 1. The fourth-order valence-electron chi connectivity index (χ4n) is 1.75. The molecule has 2 aromatic rings. The lowest BCUT2D eigenvalue weighted by Gasteiger charge is -2.06. The van der Waals surface area contributed by atoms with Crippen molar-refractivity contribution in [3.63, 3.8) is 0 Å². The molecule has 0 aliphatic rings. The summed E-state index contributed by atoms with van der Waals surface area (Å²) in [5, 5.41) is 24.3. The Morgan fingerprint density at radius 1 is 1.36 bits per heavy atom. The molecule has 2 N–H and O–H groups in total. The van der Waals surface area contributed by atoms with E-state index in [1.54, 1.807) is 24.3 Å². The van der Waals surface area contributed by atoms with Gasteiger partial charge in [0.25, 0.3) is 5.69 Å². The zero-order chi connectivity index (χ0) is 15.9. The molecule has 0 saturated carbocycles. The SMILES string of the molecule is CCOc1cc(C=NNc2cccc([N+](=O)[O-])c2)ccc1O. The number of aromatic hydroxyl groups is 1. The van der Waals surface area contributed by atoms with E-state index < -0.39 is 4.92 Å². The Balaban J connectivity index is 2.08. The second-order valence-electron chi connectivity index (χ2n) is 4.34. The number of nitro groups is 1. The highest BCUT2D eigenvalue weighted by molar-refractivity contribution is 5.81. The van der Waals surface area contributed by atoms with Crippen LogP contribution < -0.4 is 10.2 Å². The van der Waals surface area contributed by atoms with Crippen LogP contribution in [0.4, 0.5) is 11.4 Å². The van der Waals surface area contributed by atoms with Gasteiger partial charge in [-0.3, -0.25) is 15.5 Å². The molecule has 22 heavy (non-hydrogen) atoms. The third-order valence-electron chi connectivity index (χ3n) is 2.75. The highest BCUT2D eigenvalue weighted by Crippen LogP contribution is 2.26. The molecule has 0 saturated heterocycles. The van der Waals surface area contributed by atoms with Crippen LogP contribution in [0.15, 0.2) is 47.6 Å². The molecule has 0 fully saturated rings. The first-order valence-corrected chi connectivity index (χ1v) is 6.59. The Morgan fingerprint density at radius 2 is 2.18 bits per heavy atom. The number of non-ortho nitro benzene ring substituents is 1. The van der Waals surface area contributed by atoms with E-state index in [0.717, 1.165) is 5.56 Å². The average molecular weight is 301 g/mol. The molecular formula is C15H15N3O4. The summed E-state index contributed by atoms with van der Waals surface area (Å²) in [7, 11) is 0. The number of hydrogen-bond donors (Lipinski definition) is 2. The molecule has 0 heterocycles. The monoisotopic (exact) mass is 301 g/mol. The number of anilines is 1. The van der Waals surface area contributed by atoms with Crippen LogP contribution in [-0.2, 0) is 0 Å². The normalized spacial score (nSPS) is 10.6. The Morgan fingerprint density at radius 3 is 2.91 bits per heavy atom. The Kier molecular flexibility index (Phi) is 4.92. The number of rotatable bonds is 6. The fraction of sp³-hybridized carbons (Fsp3) is 0.133. The maximum atomic E-state index is 10.7. The van der Waals surface area contributed by atoms with Gasteiger partial charge in [0.05, 0.1) is 23.4 Å². The number of hydrogen-bond acceptors (Lipinski definition) is 6. The lowest BCUT2D eigenvalue weighted by molar-refractivity contribution is -0.384. The second kappa shape index (κ2) is 7.07. The zero-order valence-corrected chi connectivity index (χ0v) is 11.9. The first kappa shape index (κ1) is 15.3. The van der Waals surface area contributed by atoms with Gasteiger partial charge in [0.2, 0.25) is 0 Å². The lowest BCUT2D eigenvalue weighted by atomic mass is 10.2. The van der Waals surface area contributed by atoms with E-state index in [1.807, 2.05) is 6.92 Å². The van der Waals surface area contributed by atoms with Crippen molar-refractivity contribution in [2.45, 2.75) is 6.92 Å². The van der Waals surface area contributed by atoms with Crippen LogP contribution >= 0.6 is 0 Å². The van der Waals surface area contributed by atoms with Crippen molar-refractivity contribution in [2.75, 3.05) is 12.0 Å². The molecule has 0 amide bonds. The van der Waals surface area contributed by atoms with Crippen molar-refractivity contribution in [1.82, 2.24) is 0 Å². The summed E-state index contributed by atoms with van der Waals surface area (Å²) in [6.07, 6.45) is 1.53. The Labute approximate surface area is 127 Å². The summed E-state index contributed by atoms with van der Waals surface area (Å²) in [5.74, 6) is 0.437. The van der Waals surface area contributed by atoms with Crippen molar-refractivity contribution in [2.24, 2.45) is 5.10 Å². The lowest BCUT2D eigenvalue weighted by Crippen LogP contribution is -1.95.